The van der Waals surface area contributed by atoms with E-state index in [4.69, 9.17) is 4.74 Å². The molecule has 3 rings (SSSR count). The van der Waals surface area contributed by atoms with Crippen LogP contribution in [0.1, 0.15) is 31.7 Å². The minimum absolute atomic E-state index is 0.0720. The first-order valence-corrected chi connectivity index (χ1v) is 7.95. The normalized spacial score (nSPS) is 34.7. The van der Waals surface area contributed by atoms with E-state index >= 15 is 0 Å². The van der Waals surface area contributed by atoms with Gasteiger partial charge in [0.25, 0.3) is 0 Å². The molecule has 2 nitrogen and oxygen atoms in total. The number of benzene rings is 1. The van der Waals surface area contributed by atoms with Gasteiger partial charge in [0, 0.05) is 12.6 Å². The van der Waals surface area contributed by atoms with Crippen LogP contribution in [0.15, 0.2) is 18.2 Å². The molecule has 116 valence electrons. The minimum Gasteiger partial charge on any atom is -0.497 e. The van der Waals surface area contributed by atoms with Crippen LogP contribution in [-0.4, -0.2) is 32.6 Å². The Morgan fingerprint density at radius 1 is 1.29 bits per heavy atom. The fourth-order valence-corrected chi connectivity index (χ4v) is 4.48. The van der Waals surface area contributed by atoms with Crippen molar-refractivity contribution in [2.45, 2.75) is 31.6 Å². The van der Waals surface area contributed by atoms with E-state index in [1.807, 2.05) is 6.07 Å². The standard InChI is InChI=1S/C18H26FNO/c1-18(14-8-15(19)10-16(9-14)21-4)13(11-20(2)3)6-5-12-7-17(12)18/h8-10,12-13,17H,5-7,11H2,1-4H3/t12-,13-,17+,18+/m1/s1. The van der Waals surface area contributed by atoms with Crippen LogP contribution in [0, 0.1) is 23.6 Å². The van der Waals surface area contributed by atoms with Crippen molar-refractivity contribution in [1.82, 2.24) is 4.90 Å². The van der Waals surface area contributed by atoms with Crippen molar-refractivity contribution in [1.29, 1.82) is 0 Å². The molecule has 0 bridgehead atoms. The summed E-state index contributed by atoms with van der Waals surface area (Å²) in [5.74, 6) is 2.60. The van der Waals surface area contributed by atoms with Gasteiger partial charge in [-0.25, -0.2) is 4.39 Å². The molecule has 0 saturated heterocycles. The first-order chi connectivity index (χ1) is 9.95. The van der Waals surface area contributed by atoms with Crippen molar-refractivity contribution in [3.8, 4) is 5.75 Å². The van der Waals surface area contributed by atoms with Gasteiger partial charge in [0.1, 0.15) is 11.6 Å². The number of hydrogen-bond donors (Lipinski definition) is 0. The third-order valence-electron chi connectivity index (χ3n) is 5.74. The molecule has 0 N–H and O–H groups in total. The zero-order chi connectivity index (χ0) is 15.2. The zero-order valence-corrected chi connectivity index (χ0v) is 13.5. The van der Waals surface area contributed by atoms with Gasteiger partial charge in [-0.15, -0.1) is 0 Å². The van der Waals surface area contributed by atoms with E-state index in [2.05, 4.69) is 25.9 Å². The van der Waals surface area contributed by atoms with Gasteiger partial charge in [0.2, 0.25) is 0 Å². The quantitative estimate of drug-likeness (QED) is 0.838. The Labute approximate surface area is 127 Å². The predicted molar refractivity (Wildman–Crippen MR) is 83.2 cm³/mol. The maximum atomic E-state index is 14.0. The van der Waals surface area contributed by atoms with Crippen molar-refractivity contribution < 1.29 is 9.13 Å². The summed E-state index contributed by atoms with van der Waals surface area (Å²) in [4.78, 5) is 2.27. The fraction of sp³-hybridized carbons (Fsp3) is 0.667. The lowest BCUT2D eigenvalue weighted by Gasteiger charge is -2.43. The van der Waals surface area contributed by atoms with Crippen molar-refractivity contribution in [2.24, 2.45) is 17.8 Å². The summed E-state index contributed by atoms with van der Waals surface area (Å²) < 4.78 is 19.3. The molecule has 0 aromatic heterocycles. The topological polar surface area (TPSA) is 12.5 Å². The van der Waals surface area contributed by atoms with Crippen molar-refractivity contribution in [3.63, 3.8) is 0 Å². The summed E-state index contributed by atoms with van der Waals surface area (Å²) in [7, 11) is 5.87. The maximum absolute atomic E-state index is 14.0. The van der Waals surface area contributed by atoms with Crippen LogP contribution in [-0.2, 0) is 5.41 Å². The third-order valence-corrected chi connectivity index (χ3v) is 5.74. The van der Waals surface area contributed by atoms with E-state index in [0.29, 0.717) is 17.6 Å². The molecule has 0 unspecified atom stereocenters. The van der Waals surface area contributed by atoms with Gasteiger partial charge in [-0.1, -0.05) is 6.92 Å². The number of hydrogen-bond acceptors (Lipinski definition) is 2. The van der Waals surface area contributed by atoms with Gasteiger partial charge in [0.15, 0.2) is 0 Å². The summed E-state index contributed by atoms with van der Waals surface area (Å²) in [6.45, 7) is 3.41. The van der Waals surface area contributed by atoms with Gasteiger partial charge in [0.05, 0.1) is 7.11 Å². The summed E-state index contributed by atoms with van der Waals surface area (Å²) >= 11 is 0. The van der Waals surface area contributed by atoms with Crippen LogP contribution in [0.3, 0.4) is 0 Å². The molecule has 2 aliphatic rings. The smallest absolute Gasteiger partial charge is 0.127 e. The molecule has 0 amide bonds. The molecule has 0 radical (unpaired) electrons. The Balaban J connectivity index is 2.00. The van der Waals surface area contributed by atoms with Crippen LogP contribution in [0.2, 0.25) is 0 Å². The molecule has 0 aliphatic heterocycles. The Morgan fingerprint density at radius 3 is 2.71 bits per heavy atom. The van der Waals surface area contributed by atoms with Crippen LogP contribution < -0.4 is 4.74 Å². The van der Waals surface area contributed by atoms with Gasteiger partial charge in [-0.05, 0) is 74.2 Å². The summed E-state index contributed by atoms with van der Waals surface area (Å²) in [5.41, 5.74) is 1.20. The number of rotatable bonds is 4. The number of nitrogens with zero attached hydrogens (tertiary/aromatic N) is 1. The lowest BCUT2D eigenvalue weighted by Crippen LogP contribution is -2.43. The van der Waals surface area contributed by atoms with Gasteiger partial charge < -0.3 is 9.64 Å². The maximum Gasteiger partial charge on any atom is 0.127 e. The molecule has 2 fully saturated rings. The third kappa shape index (κ3) is 2.57. The molecule has 0 heterocycles. The zero-order valence-electron chi connectivity index (χ0n) is 13.5. The molecule has 3 heteroatoms. The highest BCUT2D eigenvalue weighted by molar-refractivity contribution is 5.38. The van der Waals surface area contributed by atoms with Crippen LogP contribution >= 0.6 is 0 Å². The second-order valence-electron chi connectivity index (χ2n) is 7.30. The highest BCUT2D eigenvalue weighted by atomic mass is 19.1. The number of methoxy groups -OCH3 is 1. The monoisotopic (exact) mass is 291 g/mol. The SMILES string of the molecule is COc1cc(F)cc([C@]2(C)[C@@H](CN(C)C)CC[C@@H]3C[C@@H]32)c1. The number of fused-ring (bicyclic) bond motifs is 1. The van der Waals surface area contributed by atoms with Crippen LogP contribution in [0.5, 0.6) is 5.75 Å². The van der Waals surface area contributed by atoms with E-state index in [0.717, 1.165) is 18.0 Å². The molecular formula is C18H26FNO. The lowest BCUT2D eigenvalue weighted by molar-refractivity contribution is 0.147. The second kappa shape index (κ2) is 5.28. The molecule has 2 aliphatic carbocycles. The average Bonchev–Trinajstić information content (AvgIpc) is 3.21. The molecule has 1 aromatic rings. The number of halogens is 1. The summed E-state index contributed by atoms with van der Waals surface area (Å²) in [6.07, 6.45) is 3.89. The van der Waals surface area contributed by atoms with E-state index in [1.165, 1.54) is 25.3 Å². The minimum atomic E-state index is -0.183. The fourth-order valence-electron chi connectivity index (χ4n) is 4.48. The Morgan fingerprint density at radius 2 is 2.05 bits per heavy atom. The molecule has 1 aromatic carbocycles. The predicted octanol–water partition coefficient (Wildman–Crippen LogP) is 3.70. The van der Waals surface area contributed by atoms with Crippen molar-refractivity contribution in [2.75, 3.05) is 27.7 Å². The van der Waals surface area contributed by atoms with Crippen LogP contribution in [0.4, 0.5) is 4.39 Å². The first-order valence-electron chi connectivity index (χ1n) is 7.95. The largest absolute Gasteiger partial charge is 0.497 e. The molecule has 0 spiro atoms. The Kier molecular flexibility index (Phi) is 3.73. The molecule has 21 heavy (non-hydrogen) atoms. The van der Waals surface area contributed by atoms with E-state index < -0.39 is 0 Å². The number of ether oxygens (including phenoxy) is 1. The molecule has 4 atom stereocenters. The van der Waals surface area contributed by atoms with Crippen molar-refractivity contribution in [3.05, 3.63) is 29.6 Å². The highest BCUT2D eigenvalue weighted by Gasteiger charge is 2.57. The van der Waals surface area contributed by atoms with Crippen LogP contribution in [0.25, 0.3) is 0 Å². The second-order valence-corrected chi connectivity index (χ2v) is 7.30. The van der Waals surface area contributed by atoms with E-state index in [-0.39, 0.29) is 11.2 Å². The summed E-state index contributed by atoms with van der Waals surface area (Å²) in [5, 5.41) is 0. The Hall–Kier alpha value is -1.09. The molecular weight excluding hydrogens is 265 g/mol. The van der Waals surface area contributed by atoms with Gasteiger partial charge in [-0.3, -0.25) is 0 Å². The first kappa shape index (κ1) is 14.8. The molecule has 2 saturated carbocycles. The van der Waals surface area contributed by atoms with Crippen molar-refractivity contribution >= 4 is 0 Å². The van der Waals surface area contributed by atoms with Gasteiger partial charge in [-0.2, -0.15) is 0 Å². The average molecular weight is 291 g/mol. The lowest BCUT2D eigenvalue weighted by atomic mass is 9.63. The summed E-state index contributed by atoms with van der Waals surface area (Å²) in [6, 6.07) is 5.25. The van der Waals surface area contributed by atoms with E-state index in [1.54, 1.807) is 13.2 Å². The Bertz CT molecular complexity index is 530. The van der Waals surface area contributed by atoms with E-state index in [9.17, 15) is 4.39 Å². The van der Waals surface area contributed by atoms with Gasteiger partial charge >= 0.3 is 0 Å². The highest BCUT2D eigenvalue weighted by Crippen LogP contribution is 2.62.